The van der Waals surface area contributed by atoms with Crippen LogP contribution in [-0.2, 0) is 0 Å². The van der Waals surface area contributed by atoms with Gasteiger partial charge in [0, 0.05) is 18.6 Å². The van der Waals surface area contributed by atoms with Gasteiger partial charge in [0.05, 0.1) is 6.10 Å². The second kappa shape index (κ2) is 5.69. The van der Waals surface area contributed by atoms with Crippen LogP contribution in [0.1, 0.15) is 39.5 Å². The van der Waals surface area contributed by atoms with E-state index < -0.39 is 0 Å². The van der Waals surface area contributed by atoms with Crippen molar-refractivity contribution >= 4 is 0 Å². The molecule has 0 amide bonds. The van der Waals surface area contributed by atoms with E-state index in [0.29, 0.717) is 12.1 Å². The van der Waals surface area contributed by atoms with Gasteiger partial charge in [-0.3, -0.25) is 0 Å². The molecular formula is C11H24N2O. The highest BCUT2D eigenvalue weighted by Gasteiger charge is 2.26. The van der Waals surface area contributed by atoms with Gasteiger partial charge >= 0.3 is 0 Å². The van der Waals surface area contributed by atoms with Gasteiger partial charge in [0.15, 0.2) is 0 Å². The summed E-state index contributed by atoms with van der Waals surface area (Å²) in [5, 5.41) is 12.8. The molecule has 3 nitrogen and oxygen atoms in total. The Bertz CT molecular complexity index is 157. The predicted octanol–water partition coefficient (Wildman–Crippen LogP) is 0.863. The van der Waals surface area contributed by atoms with Crippen LogP contribution >= 0.6 is 0 Å². The molecule has 4 N–H and O–H groups in total. The minimum Gasteiger partial charge on any atom is -0.393 e. The van der Waals surface area contributed by atoms with Gasteiger partial charge in [0.2, 0.25) is 0 Å². The molecule has 0 radical (unpaired) electrons. The highest BCUT2D eigenvalue weighted by molar-refractivity contribution is 4.85. The summed E-state index contributed by atoms with van der Waals surface area (Å²) < 4.78 is 0. The van der Waals surface area contributed by atoms with Gasteiger partial charge in [0.1, 0.15) is 0 Å². The summed E-state index contributed by atoms with van der Waals surface area (Å²) in [4.78, 5) is 0. The van der Waals surface area contributed by atoms with E-state index in [9.17, 15) is 5.11 Å². The maximum atomic E-state index is 9.25. The van der Waals surface area contributed by atoms with Crippen LogP contribution in [0.2, 0.25) is 0 Å². The van der Waals surface area contributed by atoms with Crippen LogP contribution in [0.3, 0.4) is 0 Å². The second-order valence-corrected chi connectivity index (χ2v) is 4.69. The first-order chi connectivity index (χ1) is 6.63. The van der Waals surface area contributed by atoms with Crippen LogP contribution in [0.15, 0.2) is 0 Å². The fraction of sp³-hybridized carbons (Fsp3) is 1.00. The molecule has 0 aromatic rings. The molecular weight excluding hydrogens is 176 g/mol. The normalized spacial score (nSPS) is 24.0. The van der Waals surface area contributed by atoms with Gasteiger partial charge < -0.3 is 16.2 Å². The Morgan fingerprint density at radius 2 is 2.07 bits per heavy atom. The van der Waals surface area contributed by atoms with Crippen molar-refractivity contribution in [3.63, 3.8) is 0 Å². The molecule has 1 saturated carbocycles. The third-order valence-corrected chi connectivity index (χ3v) is 3.17. The van der Waals surface area contributed by atoms with Crippen molar-refractivity contribution in [3.05, 3.63) is 0 Å². The molecule has 0 spiro atoms. The molecule has 0 aromatic carbocycles. The molecule has 0 aromatic heterocycles. The van der Waals surface area contributed by atoms with Crippen LogP contribution in [0, 0.1) is 5.92 Å². The highest BCUT2D eigenvalue weighted by atomic mass is 16.3. The average Bonchev–Trinajstić information content (AvgIpc) is 1.98. The lowest BCUT2D eigenvalue weighted by molar-refractivity contribution is 0.155. The summed E-state index contributed by atoms with van der Waals surface area (Å²) in [5.74, 6) is 0.774. The zero-order chi connectivity index (χ0) is 10.6. The van der Waals surface area contributed by atoms with E-state index in [-0.39, 0.29) is 6.10 Å². The quantitative estimate of drug-likeness (QED) is 0.596. The molecule has 3 atom stereocenters. The van der Waals surface area contributed by atoms with Crippen LogP contribution in [0.5, 0.6) is 0 Å². The van der Waals surface area contributed by atoms with Gasteiger partial charge in [-0.15, -0.1) is 0 Å². The van der Waals surface area contributed by atoms with Crippen LogP contribution < -0.4 is 11.1 Å². The summed E-state index contributed by atoms with van der Waals surface area (Å²) >= 11 is 0. The van der Waals surface area contributed by atoms with Crippen LogP contribution in [-0.4, -0.2) is 29.8 Å². The monoisotopic (exact) mass is 200 g/mol. The SMILES string of the molecule is CC(O)CC(C)NC(CN)C1CCC1. The molecule has 84 valence electrons. The number of rotatable bonds is 6. The second-order valence-electron chi connectivity index (χ2n) is 4.69. The summed E-state index contributed by atoms with van der Waals surface area (Å²) in [6.45, 7) is 4.67. The average molecular weight is 200 g/mol. The minimum absolute atomic E-state index is 0.225. The minimum atomic E-state index is -0.225. The fourth-order valence-corrected chi connectivity index (χ4v) is 2.18. The number of nitrogens with one attached hydrogen (secondary N) is 1. The Kier molecular flexibility index (Phi) is 4.85. The Morgan fingerprint density at radius 1 is 1.43 bits per heavy atom. The van der Waals surface area contributed by atoms with E-state index in [1.807, 2.05) is 6.92 Å². The molecule has 0 bridgehead atoms. The first kappa shape index (κ1) is 12.0. The smallest absolute Gasteiger partial charge is 0.0526 e. The summed E-state index contributed by atoms with van der Waals surface area (Å²) in [6.07, 6.45) is 4.57. The van der Waals surface area contributed by atoms with Crippen molar-refractivity contribution < 1.29 is 5.11 Å². The number of aliphatic hydroxyl groups excluding tert-OH is 1. The number of hydrogen-bond acceptors (Lipinski definition) is 3. The molecule has 0 aliphatic heterocycles. The van der Waals surface area contributed by atoms with Crippen molar-refractivity contribution in [2.24, 2.45) is 11.7 Å². The molecule has 1 aliphatic carbocycles. The predicted molar refractivity (Wildman–Crippen MR) is 59.1 cm³/mol. The zero-order valence-corrected chi connectivity index (χ0v) is 9.37. The maximum absolute atomic E-state index is 9.25. The van der Waals surface area contributed by atoms with Gasteiger partial charge in [-0.25, -0.2) is 0 Å². The van der Waals surface area contributed by atoms with E-state index in [2.05, 4.69) is 12.2 Å². The lowest BCUT2D eigenvalue weighted by Crippen LogP contribution is -2.48. The van der Waals surface area contributed by atoms with Crippen molar-refractivity contribution in [3.8, 4) is 0 Å². The van der Waals surface area contributed by atoms with Gasteiger partial charge in [-0.1, -0.05) is 6.42 Å². The highest BCUT2D eigenvalue weighted by Crippen LogP contribution is 2.29. The van der Waals surface area contributed by atoms with E-state index in [1.165, 1.54) is 19.3 Å². The molecule has 3 unspecified atom stereocenters. The Hall–Kier alpha value is -0.120. The molecule has 0 saturated heterocycles. The summed E-state index contributed by atoms with van der Waals surface area (Å²) in [5.41, 5.74) is 5.74. The first-order valence-electron chi connectivity index (χ1n) is 5.77. The molecule has 0 heterocycles. The number of nitrogens with two attached hydrogens (primary N) is 1. The van der Waals surface area contributed by atoms with E-state index >= 15 is 0 Å². The van der Waals surface area contributed by atoms with Crippen molar-refractivity contribution in [2.75, 3.05) is 6.54 Å². The van der Waals surface area contributed by atoms with Crippen molar-refractivity contribution in [2.45, 2.75) is 57.7 Å². The van der Waals surface area contributed by atoms with Crippen LogP contribution in [0.4, 0.5) is 0 Å². The molecule has 1 fully saturated rings. The number of hydrogen-bond donors (Lipinski definition) is 3. The van der Waals surface area contributed by atoms with Gasteiger partial charge in [-0.2, -0.15) is 0 Å². The van der Waals surface area contributed by atoms with E-state index in [0.717, 1.165) is 18.9 Å². The molecule has 1 aliphatic rings. The fourth-order valence-electron chi connectivity index (χ4n) is 2.18. The molecule has 1 rings (SSSR count). The zero-order valence-electron chi connectivity index (χ0n) is 9.37. The standard InChI is InChI=1S/C11H24N2O/c1-8(6-9(2)14)13-11(7-12)10-4-3-5-10/h8-11,13-14H,3-7,12H2,1-2H3. The van der Waals surface area contributed by atoms with Crippen molar-refractivity contribution in [1.29, 1.82) is 0 Å². The first-order valence-corrected chi connectivity index (χ1v) is 5.77. The maximum Gasteiger partial charge on any atom is 0.0526 e. The lowest BCUT2D eigenvalue weighted by atomic mass is 9.79. The third-order valence-electron chi connectivity index (χ3n) is 3.17. The Balaban J connectivity index is 2.24. The lowest BCUT2D eigenvalue weighted by Gasteiger charge is -2.35. The van der Waals surface area contributed by atoms with Gasteiger partial charge in [-0.05, 0) is 39.0 Å². The third kappa shape index (κ3) is 3.56. The summed E-state index contributed by atoms with van der Waals surface area (Å²) in [6, 6.07) is 0.821. The molecule has 14 heavy (non-hydrogen) atoms. The number of aliphatic hydroxyl groups is 1. The summed E-state index contributed by atoms with van der Waals surface area (Å²) in [7, 11) is 0. The van der Waals surface area contributed by atoms with Crippen LogP contribution in [0.25, 0.3) is 0 Å². The van der Waals surface area contributed by atoms with Crippen molar-refractivity contribution in [1.82, 2.24) is 5.32 Å². The Labute approximate surface area is 87.1 Å². The van der Waals surface area contributed by atoms with E-state index in [1.54, 1.807) is 0 Å². The molecule has 3 heteroatoms. The van der Waals surface area contributed by atoms with E-state index in [4.69, 9.17) is 5.73 Å². The largest absolute Gasteiger partial charge is 0.393 e. The topological polar surface area (TPSA) is 58.3 Å². The Morgan fingerprint density at radius 3 is 2.43 bits per heavy atom. The van der Waals surface area contributed by atoms with Gasteiger partial charge in [0.25, 0.3) is 0 Å².